The number of carbonyl (C=O) groups excluding carboxylic acids is 1. The Balaban J connectivity index is 1.97. The van der Waals surface area contributed by atoms with Gasteiger partial charge in [-0.3, -0.25) is 4.79 Å². The van der Waals surface area contributed by atoms with Gasteiger partial charge in [0, 0.05) is 17.8 Å². The van der Waals surface area contributed by atoms with Crippen LogP contribution in [0.25, 0.3) is 0 Å². The van der Waals surface area contributed by atoms with E-state index in [1.165, 1.54) is 0 Å². The Kier molecular flexibility index (Phi) is 4.82. The predicted octanol–water partition coefficient (Wildman–Crippen LogP) is 3.18. The van der Waals surface area contributed by atoms with E-state index in [-0.39, 0.29) is 6.10 Å². The minimum absolute atomic E-state index is 0.162. The largest absolute Gasteiger partial charge is 0.491 e. The van der Waals surface area contributed by atoms with Crippen LogP contribution in [0.5, 0.6) is 5.75 Å². The number of ether oxygens (including phenoxy) is 1. The number of hydrogen-bond donors (Lipinski definition) is 2. The summed E-state index contributed by atoms with van der Waals surface area (Å²) in [5.41, 5.74) is 7.79. The van der Waals surface area contributed by atoms with Crippen molar-refractivity contribution in [1.29, 1.82) is 0 Å². The first-order valence-corrected chi connectivity index (χ1v) is 6.94. The maximum atomic E-state index is 11.0. The van der Waals surface area contributed by atoms with Crippen molar-refractivity contribution >= 4 is 11.6 Å². The minimum Gasteiger partial charge on any atom is -0.491 e. The first-order chi connectivity index (χ1) is 10.0. The highest BCUT2D eigenvalue weighted by Gasteiger charge is 2.01. The normalized spacial score (nSPS) is 10.4. The van der Waals surface area contributed by atoms with Gasteiger partial charge < -0.3 is 15.8 Å². The zero-order valence-electron chi connectivity index (χ0n) is 12.3. The molecule has 0 heterocycles. The Hall–Kier alpha value is -2.49. The van der Waals surface area contributed by atoms with Crippen LogP contribution in [0.3, 0.4) is 0 Å². The van der Waals surface area contributed by atoms with Crippen molar-refractivity contribution in [2.75, 3.05) is 5.32 Å². The molecule has 0 aliphatic carbocycles. The van der Waals surface area contributed by atoms with Gasteiger partial charge in [0.1, 0.15) is 5.75 Å². The zero-order chi connectivity index (χ0) is 15.2. The molecule has 3 N–H and O–H groups in total. The fourth-order valence-electron chi connectivity index (χ4n) is 1.96. The maximum Gasteiger partial charge on any atom is 0.248 e. The lowest BCUT2D eigenvalue weighted by molar-refractivity contribution is 0.100. The SMILES string of the molecule is CC(C)Oc1cccc(CNc2ccc(C(N)=O)cc2)c1. The van der Waals surface area contributed by atoms with Crippen molar-refractivity contribution in [3.8, 4) is 5.75 Å². The molecule has 0 bridgehead atoms. The molecule has 110 valence electrons. The lowest BCUT2D eigenvalue weighted by Gasteiger charge is -2.12. The molecule has 2 rings (SSSR count). The van der Waals surface area contributed by atoms with Crippen LogP contribution in [0.2, 0.25) is 0 Å². The van der Waals surface area contributed by atoms with Gasteiger partial charge in [0.25, 0.3) is 0 Å². The number of hydrogen-bond acceptors (Lipinski definition) is 3. The average molecular weight is 284 g/mol. The molecule has 0 aliphatic rings. The van der Waals surface area contributed by atoms with E-state index in [1.807, 2.05) is 50.2 Å². The third-order valence-electron chi connectivity index (χ3n) is 2.94. The first kappa shape index (κ1) is 14.9. The van der Waals surface area contributed by atoms with E-state index in [2.05, 4.69) is 5.32 Å². The van der Waals surface area contributed by atoms with E-state index in [9.17, 15) is 4.79 Å². The van der Waals surface area contributed by atoms with E-state index in [1.54, 1.807) is 12.1 Å². The molecule has 1 amide bonds. The number of nitrogens with one attached hydrogen (secondary N) is 1. The monoisotopic (exact) mass is 284 g/mol. The average Bonchev–Trinajstić information content (AvgIpc) is 2.45. The van der Waals surface area contributed by atoms with Gasteiger partial charge in [-0.2, -0.15) is 0 Å². The van der Waals surface area contributed by atoms with Crippen LogP contribution in [0.1, 0.15) is 29.8 Å². The summed E-state index contributed by atoms with van der Waals surface area (Å²) in [6.07, 6.45) is 0.162. The number of primary amides is 1. The van der Waals surface area contributed by atoms with Gasteiger partial charge in [0.2, 0.25) is 5.91 Å². The van der Waals surface area contributed by atoms with E-state index >= 15 is 0 Å². The van der Waals surface area contributed by atoms with Crippen molar-refractivity contribution < 1.29 is 9.53 Å². The van der Waals surface area contributed by atoms with Crippen LogP contribution in [0.4, 0.5) is 5.69 Å². The Morgan fingerprint density at radius 1 is 1.19 bits per heavy atom. The number of carbonyl (C=O) groups is 1. The fourth-order valence-corrected chi connectivity index (χ4v) is 1.96. The summed E-state index contributed by atoms with van der Waals surface area (Å²) in [5.74, 6) is 0.452. The molecule has 0 aliphatic heterocycles. The summed E-state index contributed by atoms with van der Waals surface area (Å²) in [7, 11) is 0. The van der Waals surface area contributed by atoms with Crippen LogP contribution in [-0.2, 0) is 6.54 Å². The number of amides is 1. The van der Waals surface area contributed by atoms with Crippen LogP contribution < -0.4 is 15.8 Å². The maximum absolute atomic E-state index is 11.0. The number of nitrogens with two attached hydrogens (primary N) is 1. The third-order valence-corrected chi connectivity index (χ3v) is 2.94. The van der Waals surface area contributed by atoms with Crippen LogP contribution in [0.15, 0.2) is 48.5 Å². The highest BCUT2D eigenvalue weighted by atomic mass is 16.5. The lowest BCUT2D eigenvalue weighted by atomic mass is 10.2. The van der Waals surface area contributed by atoms with E-state index in [0.717, 1.165) is 17.0 Å². The minimum atomic E-state index is -0.417. The molecule has 0 fully saturated rings. The standard InChI is InChI=1S/C17H20N2O2/c1-12(2)21-16-5-3-4-13(10-16)11-19-15-8-6-14(7-9-15)17(18)20/h3-10,12,19H,11H2,1-2H3,(H2,18,20). The van der Waals surface area contributed by atoms with Gasteiger partial charge in [-0.1, -0.05) is 12.1 Å². The lowest BCUT2D eigenvalue weighted by Crippen LogP contribution is -2.10. The van der Waals surface area contributed by atoms with Crippen LogP contribution in [-0.4, -0.2) is 12.0 Å². The zero-order valence-corrected chi connectivity index (χ0v) is 12.3. The molecule has 0 spiro atoms. The summed E-state index contributed by atoms with van der Waals surface area (Å²) in [4.78, 5) is 11.0. The highest BCUT2D eigenvalue weighted by Crippen LogP contribution is 2.16. The predicted molar refractivity (Wildman–Crippen MR) is 84.5 cm³/mol. The Morgan fingerprint density at radius 2 is 1.90 bits per heavy atom. The van der Waals surface area contributed by atoms with E-state index in [0.29, 0.717) is 12.1 Å². The molecule has 21 heavy (non-hydrogen) atoms. The molecule has 2 aromatic rings. The Bertz CT molecular complexity index is 606. The topological polar surface area (TPSA) is 64.3 Å². The molecule has 4 heteroatoms. The molecule has 0 radical (unpaired) electrons. The Labute approximate surface area is 124 Å². The molecule has 0 saturated heterocycles. The van der Waals surface area contributed by atoms with Crippen molar-refractivity contribution in [3.63, 3.8) is 0 Å². The first-order valence-electron chi connectivity index (χ1n) is 6.94. The number of anilines is 1. The summed E-state index contributed by atoms with van der Waals surface area (Å²) in [6, 6.07) is 15.1. The summed E-state index contributed by atoms with van der Waals surface area (Å²) in [6.45, 7) is 4.70. The van der Waals surface area contributed by atoms with E-state index < -0.39 is 5.91 Å². The molecule has 4 nitrogen and oxygen atoms in total. The smallest absolute Gasteiger partial charge is 0.248 e. The van der Waals surface area contributed by atoms with E-state index in [4.69, 9.17) is 10.5 Å². The van der Waals surface area contributed by atoms with Crippen molar-refractivity contribution in [2.45, 2.75) is 26.5 Å². The molecular formula is C17H20N2O2. The second-order valence-corrected chi connectivity index (χ2v) is 5.11. The highest BCUT2D eigenvalue weighted by molar-refractivity contribution is 5.93. The van der Waals surface area contributed by atoms with Crippen molar-refractivity contribution in [1.82, 2.24) is 0 Å². The Morgan fingerprint density at radius 3 is 2.52 bits per heavy atom. The third kappa shape index (κ3) is 4.53. The molecule has 0 saturated carbocycles. The second-order valence-electron chi connectivity index (χ2n) is 5.11. The van der Waals surface area contributed by atoms with Crippen LogP contribution >= 0.6 is 0 Å². The van der Waals surface area contributed by atoms with Crippen LogP contribution in [0, 0.1) is 0 Å². The van der Waals surface area contributed by atoms with Gasteiger partial charge in [-0.25, -0.2) is 0 Å². The molecular weight excluding hydrogens is 264 g/mol. The second kappa shape index (κ2) is 6.79. The van der Waals surface area contributed by atoms with Crippen molar-refractivity contribution in [2.24, 2.45) is 5.73 Å². The quantitative estimate of drug-likeness (QED) is 0.856. The van der Waals surface area contributed by atoms with Crippen molar-refractivity contribution in [3.05, 3.63) is 59.7 Å². The van der Waals surface area contributed by atoms with Gasteiger partial charge in [-0.15, -0.1) is 0 Å². The molecule has 0 unspecified atom stereocenters. The number of benzene rings is 2. The summed E-state index contributed by atoms with van der Waals surface area (Å²) >= 11 is 0. The molecule has 0 atom stereocenters. The van der Waals surface area contributed by atoms with Gasteiger partial charge in [0.15, 0.2) is 0 Å². The summed E-state index contributed by atoms with van der Waals surface area (Å²) < 4.78 is 5.67. The molecule has 2 aromatic carbocycles. The fraction of sp³-hybridized carbons (Fsp3) is 0.235. The summed E-state index contributed by atoms with van der Waals surface area (Å²) in [5, 5.41) is 3.30. The number of rotatable bonds is 6. The van der Waals surface area contributed by atoms with Gasteiger partial charge >= 0.3 is 0 Å². The van der Waals surface area contributed by atoms with Gasteiger partial charge in [-0.05, 0) is 55.8 Å². The van der Waals surface area contributed by atoms with Gasteiger partial charge in [0.05, 0.1) is 6.10 Å². The molecule has 0 aromatic heterocycles.